The van der Waals surface area contributed by atoms with E-state index in [1.807, 2.05) is 42.7 Å². The Morgan fingerprint density at radius 3 is 2.45 bits per heavy atom. The van der Waals surface area contributed by atoms with Crippen LogP contribution in [0.4, 0.5) is 0 Å². The van der Waals surface area contributed by atoms with Gasteiger partial charge < -0.3 is 33.5 Å². The first kappa shape index (κ1) is 33.0. The zero-order chi connectivity index (χ0) is 29.6. The van der Waals surface area contributed by atoms with Crippen molar-refractivity contribution in [1.29, 1.82) is 0 Å². The third-order valence-electron chi connectivity index (χ3n) is 7.81. The number of Topliss-reactive ketones (excluding diaryl/α,β-unsaturated/α-hetero) is 1. The molecule has 0 aromatic heterocycles. The molecule has 234 valence electrons. The molecule has 0 bridgehead atoms. The lowest BCUT2D eigenvalue weighted by Gasteiger charge is -2.32. The van der Waals surface area contributed by atoms with Gasteiger partial charge in [0.1, 0.15) is 24.2 Å². The van der Waals surface area contributed by atoms with Gasteiger partial charge in [-0.2, -0.15) is 0 Å². The molecule has 1 aromatic carbocycles. The minimum Gasteiger partial charge on any atom is -0.491 e. The molecule has 0 radical (unpaired) electrons. The molecule has 42 heavy (non-hydrogen) atoms. The van der Waals surface area contributed by atoms with Gasteiger partial charge in [0.15, 0.2) is 12.6 Å². The number of carboxylic acid groups (broad SMARTS) is 1. The number of ether oxygens (including phenoxy) is 6. The maximum absolute atomic E-state index is 13.2. The van der Waals surface area contributed by atoms with Gasteiger partial charge in [-0.05, 0) is 88.3 Å². The molecule has 6 unspecified atom stereocenters. The molecule has 2 heterocycles. The molecule has 10 heteroatoms. The monoisotopic (exact) mass is 606 g/mol. The molecule has 1 aliphatic carbocycles. The molecule has 2 saturated heterocycles. The number of allylic oxidation sites excluding steroid dienone is 2. The number of hydrogen-bond acceptors (Lipinski definition) is 9. The highest BCUT2D eigenvalue weighted by molar-refractivity contribution is 7.98. The number of unbranched alkanes of at least 4 members (excludes halogenated alkanes) is 1. The van der Waals surface area contributed by atoms with E-state index in [2.05, 4.69) is 0 Å². The van der Waals surface area contributed by atoms with Crippen LogP contribution in [0.25, 0.3) is 0 Å². The minimum absolute atomic E-state index is 0.106. The Kier molecular flexibility index (Phi) is 14.1. The molecule has 1 aromatic rings. The summed E-state index contributed by atoms with van der Waals surface area (Å²) in [5.41, 5.74) is 0. The molecular formula is C32H46O9S. The standard InChI is InChI=1S/C32H46O9S/c1-42-25-16-14-23(15-17-25)38-21-24(40-30-12-6-8-18-36-30)22-39-32-26(10-4-2-3-5-11-29(34)35)27(33)20-28(32)41-31-13-7-9-19-37-31/h2,4,14-17,24,26,28,30-32H,3,5-13,18-22H2,1H3,(H,34,35). The number of rotatable bonds is 17. The van der Waals surface area contributed by atoms with Crippen molar-refractivity contribution in [3.8, 4) is 5.75 Å². The first-order chi connectivity index (χ1) is 20.5. The number of carboxylic acids is 1. The van der Waals surface area contributed by atoms with E-state index < -0.39 is 24.3 Å². The second kappa shape index (κ2) is 18.0. The molecule has 1 saturated carbocycles. The Morgan fingerprint density at radius 2 is 1.79 bits per heavy atom. The van der Waals surface area contributed by atoms with E-state index in [1.54, 1.807) is 11.8 Å². The third-order valence-corrected chi connectivity index (χ3v) is 8.56. The Balaban J connectivity index is 1.40. The molecule has 0 spiro atoms. The Labute approximate surface area is 253 Å². The lowest BCUT2D eigenvalue weighted by Crippen LogP contribution is -2.40. The summed E-state index contributed by atoms with van der Waals surface area (Å²) in [5, 5.41) is 8.87. The minimum atomic E-state index is -0.802. The Morgan fingerprint density at radius 1 is 1.05 bits per heavy atom. The van der Waals surface area contributed by atoms with Gasteiger partial charge in [0.25, 0.3) is 0 Å². The van der Waals surface area contributed by atoms with E-state index in [1.165, 1.54) is 0 Å². The fraction of sp³-hybridized carbons (Fsp3) is 0.688. The predicted molar refractivity (Wildman–Crippen MR) is 159 cm³/mol. The summed E-state index contributed by atoms with van der Waals surface area (Å²) in [7, 11) is 0. The van der Waals surface area contributed by atoms with Crippen LogP contribution in [-0.2, 0) is 33.3 Å². The van der Waals surface area contributed by atoms with E-state index in [0.717, 1.165) is 49.2 Å². The van der Waals surface area contributed by atoms with Gasteiger partial charge in [0, 0.05) is 31.0 Å². The van der Waals surface area contributed by atoms with E-state index in [4.69, 9.17) is 33.5 Å². The highest BCUT2D eigenvalue weighted by Gasteiger charge is 2.45. The number of aliphatic carboxylic acids is 1. The van der Waals surface area contributed by atoms with Crippen molar-refractivity contribution in [2.45, 2.75) is 106 Å². The largest absolute Gasteiger partial charge is 0.491 e. The summed E-state index contributed by atoms with van der Waals surface area (Å²) in [4.78, 5) is 25.1. The fourth-order valence-corrected chi connectivity index (χ4v) is 5.92. The average molecular weight is 607 g/mol. The zero-order valence-corrected chi connectivity index (χ0v) is 25.5. The molecular weight excluding hydrogens is 560 g/mol. The average Bonchev–Trinajstić information content (AvgIpc) is 3.30. The van der Waals surface area contributed by atoms with Crippen LogP contribution in [0.2, 0.25) is 0 Å². The molecule has 6 atom stereocenters. The van der Waals surface area contributed by atoms with E-state index >= 15 is 0 Å². The summed E-state index contributed by atoms with van der Waals surface area (Å²) < 4.78 is 36.9. The van der Waals surface area contributed by atoms with E-state index in [0.29, 0.717) is 32.5 Å². The van der Waals surface area contributed by atoms with Crippen LogP contribution in [0.3, 0.4) is 0 Å². The van der Waals surface area contributed by atoms with Crippen molar-refractivity contribution in [1.82, 2.24) is 0 Å². The van der Waals surface area contributed by atoms with Crippen LogP contribution in [0.15, 0.2) is 41.3 Å². The number of hydrogen-bond donors (Lipinski definition) is 1. The highest BCUT2D eigenvalue weighted by atomic mass is 32.2. The summed E-state index contributed by atoms with van der Waals surface area (Å²) in [6.07, 6.45) is 11.9. The first-order valence-corrected chi connectivity index (χ1v) is 16.6. The van der Waals surface area contributed by atoms with Gasteiger partial charge >= 0.3 is 5.97 Å². The lowest BCUT2D eigenvalue weighted by atomic mass is 9.99. The number of carbonyl (C=O) groups is 2. The summed E-state index contributed by atoms with van der Waals surface area (Å²) >= 11 is 1.68. The van der Waals surface area contributed by atoms with Gasteiger partial charge in [-0.15, -0.1) is 11.8 Å². The quantitative estimate of drug-likeness (QED) is 0.133. The smallest absolute Gasteiger partial charge is 0.303 e. The molecule has 4 rings (SSSR count). The predicted octanol–water partition coefficient (Wildman–Crippen LogP) is 5.79. The topological polar surface area (TPSA) is 110 Å². The maximum atomic E-state index is 13.2. The van der Waals surface area contributed by atoms with Gasteiger partial charge in [-0.3, -0.25) is 9.59 Å². The Hall–Kier alpha value is -1.95. The Bertz CT molecular complexity index is 973. The van der Waals surface area contributed by atoms with Crippen LogP contribution < -0.4 is 4.74 Å². The molecule has 1 N–H and O–H groups in total. The van der Waals surface area contributed by atoms with Gasteiger partial charge in [0.05, 0.1) is 24.7 Å². The maximum Gasteiger partial charge on any atom is 0.303 e. The number of carbonyl (C=O) groups excluding carboxylic acids is 1. The first-order valence-electron chi connectivity index (χ1n) is 15.3. The van der Waals surface area contributed by atoms with Crippen molar-refractivity contribution in [3.05, 3.63) is 36.4 Å². The van der Waals surface area contributed by atoms with Crippen molar-refractivity contribution >= 4 is 23.5 Å². The van der Waals surface area contributed by atoms with Gasteiger partial charge in [-0.1, -0.05) is 12.2 Å². The molecule has 2 aliphatic heterocycles. The van der Waals surface area contributed by atoms with Crippen LogP contribution in [0.5, 0.6) is 5.75 Å². The lowest BCUT2D eigenvalue weighted by molar-refractivity contribution is -0.226. The SMILES string of the molecule is CSc1ccc(OCC(COC2C(OC3CCCCO3)CC(=O)C2CC=CCCCC(=O)O)OC2CCCCO2)cc1. The number of thioether (sulfide) groups is 1. The summed E-state index contributed by atoms with van der Waals surface area (Å²) in [5.74, 6) is -0.303. The molecule has 3 fully saturated rings. The molecule has 3 aliphatic rings. The van der Waals surface area contributed by atoms with Gasteiger partial charge in [-0.25, -0.2) is 0 Å². The van der Waals surface area contributed by atoms with Crippen molar-refractivity contribution in [3.63, 3.8) is 0 Å². The van der Waals surface area contributed by atoms with E-state index in [-0.39, 0.29) is 50.3 Å². The molecule has 0 amide bonds. The van der Waals surface area contributed by atoms with E-state index in [9.17, 15) is 9.59 Å². The highest BCUT2D eigenvalue weighted by Crippen LogP contribution is 2.33. The third kappa shape index (κ3) is 11.0. The fourth-order valence-electron chi connectivity index (χ4n) is 5.51. The second-order valence-electron chi connectivity index (χ2n) is 11.1. The number of benzene rings is 1. The van der Waals surface area contributed by atoms with Crippen molar-refractivity contribution in [2.75, 3.05) is 32.7 Å². The summed E-state index contributed by atoms with van der Waals surface area (Å²) in [6, 6.07) is 7.94. The van der Waals surface area contributed by atoms with Crippen molar-refractivity contribution in [2.24, 2.45) is 5.92 Å². The normalized spacial score (nSPS) is 27.4. The van der Waals surface area contributed by atoms with Crippen LogP contribution in [0.1, 0.15) is 70.6 Å². The van der Waals surface area contributed by atoms with Crippen LogP contribution >= 0.6 is 11.8 Å². The van der Waals surface area contributed by atoms with Crippen molar-refractivity contribution < 1.29 is 43.1 Å². The zero-order valence-electron chi connectivity index (χ0n) is 24.7. The van der Waals surface area contributed by atoms with Crippen LogP contribution in [-0.4, -0.2) is 80.4 Å². The number of ketones is 1. The second-order valence-corrected chi connectivity index (χ2v) is 12.0. The molecule has 9 nitrogen and oxygen atoms in total. The summed E-state index contributed by atoms with van der Waals surface area (Å²) in [6.45, 7) is 1.84. The van der Waals surface area contributed by atoms with Gasteiger partial charge in [0.2, 0.25) is 0 Å². The van der Waals surface area contributed by atoms with Crippen LogP contribution in [0, 0.1) is 5.92 Å².